The number of hydrogen-bond donors (Lipinski definition) is 1. The van der Waals surface area contributed by atoms with Gasteiger partial charge < -0.3 is 9.88 Å². The molecule has 0 aromatic carbocycles. The highest BCUT2D eigenvalue weighted by atomic mass is 15.0. The molecule has 2 rings (SSSR count). The van der Waals surface area contributed by atoms with Crippen molar-refractivity contribution >= 4 is 0 Å². The summed E-state index contributed by atoms with van der Waals surface area (Å²) >= 11 is 0. The first kappa shape index (κ1) is 16.5. The third kappa shape index (κ3) is 7.66. The van der Waals surface area contributed by atoms with Crippen LogP contribution >= 0.6 is 0 Å². The first-order valence-corrected chi connectivity index (χ1v) is 9.14. The summed E-state index contributed by atoms with van der Waals surface area (Å²) in [4.78, 5) is 4.09. The molecule has 1 heterocycles. The summed E-state index contributed by atoms with van der Waals surface area (Å²) in [6, 6.07) is 0.757. The Labute approximate surface area is 130 Å². The molecule has 0 bridgehead atoms. The molecule has 1 aromatic rings. The summed E-state index contributed by atoms with van der Waals surface area (Å²) in [5.74, 6) is 0. The Hall–Kier alpha value is -0.830. The van der Waals surface area contributed by atoms with Crippen LogP contribution in [-0.2, 0) is 6.54 Å². The predicted molar refractivity (Wildman–Crippen MR) is 89.4 cm³/mol. The molecule has 1 aliphatic rings. The largest absolute Gasteiger partial charge is 0.337 e. The van der Waals surface area contributed by atoms with Gasteiger partial charge in [-0.25, -0.2) is 4.98 Å². The van der Waals surface area contributed by atoms with Crippen molar-refractivity contribution in [2.24, 2.45) is 0 Å². The lowest BCUT2D eigenvalue weighted by atomic mass is 9.98. The lowest BCUT2D eigenvalue weighted by molar-refractivity contribution is 0.398. The molecule has 0 unspecified atom stereocenters. The molecule has 1 N–H and O–H groups in total. The summed E-state index contributed by atoms with van der Waals surface area (Å²) in [7, 11) is 0. The molecule has 0 amide bonds. The Morgan fingerprint density at radius 1 is 0.905 bits per heavy atom. The third-order valence-electron chi connectivity index (χ3n) is 4.69. The van der Waals surface area contributed by atoms with Gasteiger partial charge in [-0.15, -0.1) is 0 Å². The fourth-order valence-electron chi connectivity index (χ4n) is 3.35. The Kier molecular flexibility index (Phi) is 8.53. The molecular formula is C18H33N3. The maximum Gasteiger partial charge on any atom is 0.0945 e. The van der Waals surface area contributed by atoms with Gasteiger partial charge in [0.25, 0.3) is 0 Å². The van der Waals surface area contributed by atoms with Crippen LogP contribution in [0.3, 0.4) is 0 Å². The lowest BCUT2D eigenvalue weighted by Gasteiger charge is -2.19. The van der Waals surface area contributed by atoms with Gasteiger partial charge in [-0.1, -0.05) is 57.8 Å². The Morgan fingerprint density at radius 2 is 1.52 bits per heavy atom. The van der Waals surface area contributed by atoms with Crippen molar-refractivity contribution in [3.8, 4) is 0 Å². The van der Waals surface area contributed by atoms with E-state index in [1.54, 1.807) is 0 Å². The standard InChI is InChI=1S/C18H33N3/c1-2-4-6-8-11-18(12-9-7-5-3-1)20-13-10-15-21-16-14-19-17-21/h14,16-18,20H,1-13,15H2. The number of aromatic nitrogens is 2. The fraction of sp³-hybridized carbons (Fsp3) is 0.833. The monoisotopic (exact) mass is 291 g/mol. The topological polar surface area (TPSA) is 29.9 Å². The zero-order chi connectivity index (χ0) is 14.6. The second-order valence-electron chi connectivity index (χ2n) is 6.56. The minimum atomic E-state index is 0.757. The van der Waals surface area contributed by atoms with Crippen LogP contribution in [-0.4, -0.2) is 22.1 Å². The molecule has 1 saturated carbocycles. The summed E-state index contributed by atoms with van der Waals surface area (Å²) < 4.78 is 2.17. The van der Waals surface area contributed by atoms with Gasteiger partial charge in [0.1, 0.15) is 0 Å². The summed E-state index contributed by atoms with van der Waals surface area (Å²) in [5.41, 5.74) is 0. The maximum absolute atomic E-state index is 4.09. The SMILES string of the molecule is c1cn(CCCNC2CCCCCCCCCCC2)cn1. The molecule has 120 valence electrons. The van der Waals surface area contributed by atoms with E-state index in [1.165, 1.54) is 77.0 Å². The first-order valence-electron chi connectivity index (χ1n) is 9.14. The number of nitrogens with zero attached hydrogens (tertiary/aromatic N) is 2. The van der Waals surface area contributed by atoms with Gasteiger partial charge in [-0.05, 0) is 25.8 Å². The molecule has 0 aliphatic heterocycles. The van der Waals surface area contributed by atoms with Crippen LogP contribution in [0.15, 0.2) is 18.7 Å². The van der Waals surface area contributed by atoms with E-state index in [-0.39, 0.29) is 0 Å². The summed E-state index contributed by atoms with van der Waals surface area (Å²) in [6.07, 6.45) is 22.8. The zero-order valence-electron chi connectivity index (χ0n) is 13.6. The second kappa shape index (κ2) is 10.8. The van der Waals surface area contributed by atoms with Crippen LogP contribution in [0.25, 0.3) is 0 Å². The zero-order valence-corrected chi connectivity index (χ0v) is 13.6. The molecule has 0 radical (unpaired) electrons. The van der Waals surface area contributed by atoms with Crippen LogP contribution in [0.1, 0.15) is 77.0 Å². The van der Waals surface area contributed by atoms with E-state index in [0.29, 0.717) is 0 Å². The first-order chi connectivity index (χ1) is 10.4. The molecule has 0 saturated heterocycles. The summed E-state index contributed by atoms with van der Waals surface area (Å²) in [6.45, 7) is 2.22. The molecule has 0 spiro atoms. The molecule has 21 heavy (non-hydrogen) atoms. The number of nitrogens with one attached hydrogen (secondary N) is 1. The molecule has 0 atom stereocenters. The quantitative estimate of drug-likeness (QED) is 0.807. The molecule has 3 heteroatoms. The Balaban J connectivity index is 1.60. The Morgan fingerprint density at radius 3 is 2.10 bits per heavy atom. The van der Waals surface area contributed by atoms with E-state index in [0.717, 1.165) is 19.1 Å². The van der Waals surface area contributed by atoms with E-state index in [4.69, 9.17) is 0 Å². The van der Waals surface area contributed by atoms with Gasteiger partial charge in [-0.2, -0.15) is 0 Å². The molecular weight excluding hydrogens is 258 g/mol. The van der Waals surface area contributed by atoms with Crippen LogP contribution in [0.2, 0.25) is 0 Å². The van der Waals surface area contributed by atoms with Gasteiger partial charge in [0.05, 0.1) is 6.33 Å². The molecule has 1 fully saturated rings. The minimum absolute atomic E-state index is 0.757. The van der Waals surface area contributed by atoms with E-state index in [2.05, 4.69) is 21.1 Å². The molecule has 1 aromatic heterocycles. The van der Waals surface area contributed by atoms with Gasteiger partial charge in [0, 0.05) is 25.0 Å². The van der Waals surface area contributed by atoms with Crippen molar-refractivity contribution in [2.45, 2.75) is 89.6 Å². The van der Waals surface area contributed by atoms with Crippen molar-refractivity contribution in [3.05, 3.63) is 18.7 Å². The van der Waals surface area contributed by atoms with Crippen LogP contribution < -0.4 is 5.32 Å². The van der Waals surface area contributed by atoms with Gasteiger partial charge >= 0.3 is 0 Å². The van der Waals surface area contributed by atoms with Crippen LogP contribution in [0.5, 0.6) is 0 Å². The average molecular weight is 291 g/mol. The number of aryl methyl sites for hydroxylation is 1. The van der Waals surface area contributed by atoms with E-state index >= 15 is 0 Å². The number of hydrogen-bond acceptors (Lipinski definition) is 2. The fourth-order valence-corrected chi connectivity index (χ4v) is 3.35. The normalized spacial score (nSPS) is 19.8. The van der Waals surface area contributed by atoms with Crippen molar-refractivity contribution in [2.75, 3.05) is 6.54 Å². The average Bonchev–Trinajstić information content (AvgIpc) is 2.99. The number of rotatable bonds is 5. The van der Waals surface area contributed by atoms with E-state index in [9.17, 15) is 0 Å². The van der Waals surface area contributed by atoms with Crippen molar-refractivity contribution in [1.82, 2.24) is 14.9 Å². The minimum Gasteiger partial charge on any atom is -0.337 e. The van der Waals surface area contributed by atoms with Crippen molar-refractivity contribution in [3.63, 3.8) is 0 Å². The van der Waals surface area contributed by atoms with Gasteiger partial charge in [-0.3, -0.25) is 0 Å². The highest BCUT2D eigenvalue weighted by Crippen LogP contribution is 2.16. The number of imidazole rings is 1. The maximum atomic E-state index is 4.09. The molecule has 1 aliphatic carbocycles. The smallest absolute Gasteiger partial charge is 0.0945 e. The highest BCUT2D eigenvalue weighted by Gasteiger charge is 2.08. The lowest BCUT2D eigenvalue weighted by Crippen LogP contribution is -2.30. The Bertz CT molecular complexity index is 322. The van der Waals surface area contributed by atoms with E-state index < -0.39 is 0 Å². The summed E-state index contributed by atoms with van der Waals surface area (Å²) in [5, 5.41) is 3.80. The highest BCUT2D eigenvalue weighted by molar-refractivity contribution is 4.74. The molecule has 3 nitrogen and oxygen atoms in total. The van der Waals surface area contributed by atoms with Gasteiger partial charge in [0.15, 0.2) is 0 Å². The second-order valence-corrected chi connectivity index (χ2v) is 6.56. The van der Waals surface area contributed by atoms with Crippen LogP contribution in [0.4, 0.5) is 0 Å². The van der Waals surface area contributed by atoms with Crippen molar-refractivity contribution in [1.29, 1.82) is 0 Å². The van der Waals surface area contributed by atoms with Crippen molar-refractivity contribution < 1.29 is 0 Å². The van der Waals surface area contributed by atoms with Crippen LogP contribution in [0, 0.1) is 0 Å². The van der Waals surface area contributed by atoms with Gasteiger partial charge in [0.2, 0.25) is 0 Å². The van der Waals surface area contributed by atoms with E-state index in [1.807, 2.05) is 12.5 Å². The third-order valence-corrected chi connectivity index (χ3v) is 4.69. The predicted octanol–water partition coefficient (Wildman–Crippen LogP) is 4.54.